The molecule has 0 radical (unpaired) electrons. The molecule has 3 saturated heterocycles. The number of nitrogens with zero attached hydrogens (tertiary/aromatic N) is 6. The number of hydrogen-bond acceptors (Lipinski definition) is 20. The third-order valence-corrected chi connectivity index (χ3v) is 17.7. The number of alkyl halides is 1. The number of oxime groups is 1. The second-order valence-electron chi connectivity index (χ2n) is 24.3. The smallest absolute Gasteiger partial charge is 0.311 e. The van der Waals surface area contributed by atoms with E-state index in [4.69, 9.17) is 42.7 Å². The normalized spacial score (nSPS) is 36.4. The van der Waals surface area contributed by atoms with Crippen molar-refractivity contribution in [3.63, 3.8) is 0 Å². The number of carbonyl (C=O) groups excluding carboxylic acids is 1. The van der Waals surface area contributed by atoms with Gasteiger partial charge >= 0.3 is 5.97 Å². The number of hydrogen-bond donors (Lipinski definition) is 6. The van der Waals surface area contributed by atoms with Gasteiger partial charge in [-0.25, -0.2) is 9.07 Å². The van der Waals surface area contributed by atoms with E-state index in [1.807, 2.05) is 77.8 Å². The van der Waals surface area contributed by atoms with E-state index >= 15 is 4.39 Å². The summed E-state index contributed by atoms with van der Waals surface area (Å²) in [5.74, 6) is -3.93. The van der Waals surface area contributed by atoms with Gasteiger partial charge in [0.15, 0.2) is 12.6 Å². The number of aliphatic hydroxyl groups is 5. The Hall–Kier alpha value is -4.34. The second-order valence-corrected chi connectivity index (χ2v) is 24.3. The molecule has 1 aromatic carbocycles. The molecule has 0 saturated carbocycles. The van der Waals surface area contributed by atoms with Gasteiger partial charge in [-0.3, -0.25) is 10.0 Å². The molecule has 0 amide bonds. The van der Waals surface area contributed by atoms with E-state index < -0.39 is 133 Å². The average Bonchev–Trinajstić information content (AvgIpc) is 4.09. The molecule has 3 aromatic rings. The highest BCUT2D eigenvalue weighted by Crippen LogP contribution is 2.43. The summed E-state index contributed by atoms with van der Waals surface area (Å²) in [4.78, 5) is 22.6. The molecule has 83 heavy (non-hydrogen) atoms. The number of esters is 1. The van der Waals surface area contributed by atoms with Crippen molar-refractivity contribution in [2.45, 2.75) is 224 Å². The largest absolute Gasteiger partial charge is 0.459 e. The minimum Gasteiger partial charge on any atom is -0.459 e. The lowest BCUT2D eigenvalue weighted by Crippen LogP contribution is -2.61. The van der Waals surface area contributed by atoms with E-state index in [1.165, 1.54) is 32.0 Å². The zero-order valence-corrected chi connectivity index (χ0v) is 51.5. The zero-order valence-electron chi connectivity index (χ0n) is 51.5. The quantitative estimate of drug-likeness (QED) is 0.0356. The molecule has 2 aromatic heterocycles. The molecule has 6 N–H and O–H groups in total. The number of benzene rings is 1. The van der Waals surface area contributed by atoms with Gasteiger partial charge in [-0.15, -0.1) is 5.10 Å². The fourth-order valence-electron chi connectivity index (χ4n) is 12.4. The summed E-state index contributed by atoms with van der Waals surface area (Å²) >= 11 is 0. The molecule has 3 fully saturated rings. The van der Waals surface area contributed by atoms with Crippen molar-refractivity contribution in [2.75, 3.05) is 41.6 Å². The van der Waals surface area contributed by atoms with Gasteiger partial charge in [0, 0.05) is 81.5 Å². The first-order chi connectivity index (χ1) is 39.1. The van der Waals surface area contributed by atoms with Crippen LogP contribution in [0, 0.1) is 23.7 Å². The Bertz CT molecular complexity index is 2560. The Kier molecular flexibility index (Phi) is 23.6. The minimum atomic E-state index is -1.96. The SMILES string of the molecule is CC[C@H]1OC(=O)[C@H](C)[C@@H](O[C@H]2C[C@@](C)(OC)[C@@H](O)[C@H](C)O2)[C@H](C)[C@@H](O[C@@H]2O[C@H](C)C[C@H](N(C)CCc3cn([C@H](CF)[C@H](OC)c4ccc(-c5ccc(CO)[n+](O)c5)cc4)nn3)[C@H]2O)[C@](C)(OC)C[C@@H](C)/C(=N\OC(C)C)[C@H](C)[C@@H](O)[C@]1(C)O. The van der Waals surface area contributed by atoms with Crippen LogP contribution in [-0.2, 0) is 60.6 Å². The van der Waals surface area contributed by atoms with Crippen LogP contribution in [0.3, 0.4) is 0 Å². The Morgan fingerprint density at radius 1 is 0.916 bits per heavy atom. The molecule has 20 atom stereocenters. The van der Waals surface area contributed by atoms with Gasteiger partial charge in [0.05, 0.1) is 64.6 Å². The topological polar surface area (TPSA) is 272 Å². The van der Waals surface area contributed by atoms with E-state index in [0.29, 0.717) is 47.6 Å². The molecular formula is C60H96FN6O16+. The van der Waals surface area contributed by atoms with Crippen molar-refractivity contribution < 1.29 is 87.4 Å². The number of likely N-dealkylation sites (N-methyl/N-ethyl adjacent to an activating group) is 1. The van der Waals surface area contributed by atoms with Crippen molar-refractivity contribution in [3.8, 4) is 11.1 Å². The number of ether oxygens (including phenoxy) is 8. The number of carbonyl (C=O) groups is 1. The van der Waals surface area contributed by atoms with Gasteiger partial charge in [0.25, 0.3) is 5.69 Å². The Morgan fingerprint density at radius 2 is 1.58 bits per heavy atom. The predicted octanol–water partition coefficient (Wildman–Crippen LogP) is 5.44. The van der Waals surface area contributed by atoms with Crippen molar-refractivity contribution in [2.24, 2.45) is 28.8 Å². The van der Waals surface area contributed by atoms with Gasteiger partial charge in [0.1, 0.15) is 55.4 Å². The maximum Gasteiger partial charge on any atom is 0.311 e. The number of aromatic nitrogens is 4. The van der Waals surface area contributed by atoms with Crippen molar-refractivity contribution >= 4 is 11.7 Å². The van der Waals surface area contributed by atoms with Crippen LogP contribution in [-0.4, -0.2) is 194 Å². The van der Waals surface area contributed by atoms with Crippen LogP contribution in [0.1, 0.15) is 138 Å². The minimum absolute atomic E-state index is 0.0818. The van der Waals surface area contributed by atoms with Gasteiger partial charge in [0.2, 0.25) is 6.20 Å². The van der Waals surface area contributed by atoms with E-state index in [9.17, 15) is 35.5 Å². The fourth-order valence-corrected chi connectivity index (χ4v) is 12.4. The molecule has 3 aliphatic rings. The summed E-state index contributed by atoms with van der Waals surface area (Å²) in [6.45, 7) is 20.5. The Balaban J connectivity index is 1.30. The third kappa shape index (κ3) is 15.4. The number of pyridine rings is 1. The molecular weight excluding hydrogens is 1080 g/mol. The van der Waals surface area contributed by atoms with Crippen LogP contribution >= 0.6 is 0 Å². The first-order valence-corrected chi connectivity index (χ1v) is 29.2. The zero-order chi connectivity index (χ0) is 61.5. The summed E-state index contributed by atoms with van der Waals surface area (Å²) in [6.07, 6.45) is -7.13. The molecule has 0 unspecified atom stereocenters. The lowest BCUT2D eigenvalue weighted by atomic mass is 9.73. The fraction of sp³-hybridized carbons (Fsp3) is 0.750. The summed E-state index contributed by atoms with van der Waals surface area (Å²) in [7, 11) is 6.44. The number of halogens is 1. The lowest BCUT2D eigenvalue weighted by Gasteiger charge is -2.50. The predicted molar refractivity (Wildman–Crippen MR) is 302 cm³/mol. The molecule has 22 nitrogen and oxygen atoms in total. The van der Waals surface area contributed by atoms with Gasteiger partial charge in [-0.05, 0) is 98.9 Å². The summed E-state index contributed by atoms with van der Waals surface area (Å²) < 4.78 is 68.8. The van der Waals surface area contributed by atoms with Crippen molar-refractivity contribution in [1.29, 1.82) is 0 Å². The second kappa shape index (κ2) is 28.9. The lowest BCUT2D eigenvalue weighted by molar-refractivity contribution is -0.910. The van der Waals surface area contributed by atoms with Gasteiger partial charge in [-0.1, -0.05) is 62.3 Å². The third-order valence-electron chi connectivity index (χ3n) is 17.7. The number of methoxy groups -OCH3 is 3. The first-order valence-electron chi connectivity index (χ1n) is 29.2. The van der Waals surface area contributed by atoms with Crippen molar-refractivity contribution in [1.82, 2.24) is 19.9 Å². The van der Waals surface area contributed by atoms with Crippen LogP contribution in [0.4, 0.5) is 4.39 Å². The molecule has 3 aliphatic heterocycles. The highest BCUT2D eigenvalue weighted by Gasteiger charge is 2.54. The molecule has 0 bridgehead atoms. The van der Waals surface area contributed by atoms with E-state index in [0.717, 1.165) is 10.3 Å². The molecule has 0 aliphatic carbocycles. The van der Waals surface area contributed by atoms with E-state index in [1.54, 1.807) is 60.1 Å². The van der Waals surface area contributed by atoms with E-state index in [-0.39, 0.29) is 32.0 Å². The standard InChI is InChI=1S/C60H96FN6O16/c1-17-47-60(12,73)53(70)36(6)49(63-83-33(2)3)34(4)27-59(11,77-16)55(37(7)51(38(8)56(72)80-47)81-48-28-58(10,76-15)54(71)39(9)79-48)82-57-50(69)45(26-35(5)78-57)65(13)25-24-43-31-66(64-62-43)46(29-61)52(75-14)41-20-18-40(19-21-41)42-22-23-44(32-68)67(74)30-42/h18-23,30-31,33-39,45-48,50-55,57,68-71,73-74H,17,24-29,32H2,1-16H3/q+1/b63-49+/t34-,35-,36+,37+,38-,39+,45+,46-,47-,48+,50-,51+,52-,53-,54+,55-,57+,58-,59-,60-/m1/s1. The molecule has 468 valence electrons. The molecule has 0 spiro atoms. The number of rotatable bonds is 20. The summed E-state index contributed by atoms with van der Waals surface area (Å²) in [6, 6.07) is 9.37. The summed E-state index contributed by atoms with van der Waals surface area (Å²) in [5.41, 5.74) is -0.819. The van der Waals surface area contributed by atoms with E-state index in [2.05, 4.69) is 15.5 Å². The van der Waals surface area contributed by atoms with Gasteiger partial charge < -0.3 is 73.2 Å². The van der Waals surface area contributed by atoms with Crippen LogP contribution in [0.5, 0.6) is 0 Å². The highest BCUT2D eigenvalue weighted by molar-refractivity contribution is 5.89. The molecule has 23 heteroatoms. The van der Waals surface area contributed by atoms with Crippen molar-refractivity contribution in [3.05, 3.63) is 65.7 Å². The Labute approximate surface area is 489 Å². The van der Waals surface area contributed by atoms with Crippen LogP contribution in [0.2, 0.25) is 0 Å². The highest BCUT2D eigenvalue weighted by atomic mass is 19.1. The van der Waals surface area contributed by atoms with Crippen LogP contribution in [0.25, 0.3) is 11.1 Å². The average molecular weight is 1180 g/mol. The van der Waals surface area contributed by atoms with Gasteiger partial charge in [-0.2, -0.15) is 0 Å². The maximum absolute atomic E-state index is 15.1. The Morgan fingerprint density at radius 3 is 2.17 bits per heavy atom. The first kappa shape index (κ1) is 67.8. The maximum atomic E-state index is 15.1. The number of cyclic esters (lactones) is 1. The summed E-state index contributed by atoms with van der Waals surface area (Å²) in [5, 5.41) is 81.0. The number of aliphatic hydroxyl groups excluding tert-OH is 4. The molecule has 5 heterocycles. The molecule has 6 rings (SSSR count). The van der Waals surface area contributed by atoms with Crippen LogP contribution < -0.4 is 4.73 Å². The monoisotopic (exact) mass is 1180 g/mol. The van der Waals surface area contributed by atoms with Crippen LogP contribution in [0.15, 0.2) is 53.9 Å².